The predicted molar refractivity (Wildman–Crippen MR) is 94.8 cm³/mol. The Hall–Kier alpha value is -3.22. The molecule has 0 bridgehead atoms. The first-order valence-corrected chi connectivity index (χ1v) is 8.40. The molecule has 1 aliphatic rings. The molecule has 1 fully saturated rings. The quantitative estimate of drug-likeness (QED) is 0.739. The maximum absolute atomic E-state index is 12.1. The molecular formula is C19H19N3O4. The molecule has 3 rings (SSSR count). The van der Waals surface area contributed by atoms with Gasteiger partial charge in [-0.05, 0) is 42.7 Å². The molecule has 0 atom stereocenters. The second kappa shape index (κ2) is 7.77. The number of hydrogen-bond donors (Lipinski definition) is 3. The molecule has 7 heteroatoms. The van der Waals surface area contributed by atoms with E-state index in [0.717, 1.165) is 24.8 Å². The van der Waals surface area contributed by atoms with Crippen LogP contribution in [0.3, 0.4) is 0 Å². The minimum absolute atomic E-state index is 0.0435. The van der Waals surface area contributed by atoms with E-state index in [1.165, 1.54) is 18.3 Å². The number of nitrogens with zero attached hydrogens (tertiary/aromatic N) is 1. The highest BCUT2D eigenvalue weighted by Gasteiger charge is 2.25. The second-order valence-electron chi connectivity index (χ2n) is 6.24. The molecular weight excluding hydrogens is 334 g/mol. The molecule has 1 aromatic carbocycles. The molecule has 1 saturated carbocycles. The fourth-order valence-electron chi connectivity index (χ4n) is 2.61. The van der Waals surface area contributed by atoms with Gasteiger partial charge >= 0.3 is 5.97 Å². The van der Waals surface area contributed by atoms with Gasteiger partial charge in [0.25, 0.3) is 5.91 Å². The molecule has 0 aliphatic heterocycles. The lowest BCUT2D eigenvalue weighted by molar-refractivity contribution is -0.122. The summed E-state index contributed by atoms with van der Waals surface area (Å²) in [5, 5.41) is 14.5. The largest absolute Gasteiger partial charge is 0.477 e. The fraction of sp³-hybridized carbons (Fsp3) is 0.263. The maximum atomic E-state index is 12.1. The lowest BCUT2D eigenvalue weighted by atomic mass is 9.85. The Labute approximate surface area is 150 Å². The molecule has 2 aromatic rings. The zero-order valence-corrected chi connectivity index (χ0v) is 14.1. The average molecular weight is 353 g/mol. The van der Waals surface area contributed by atoms with Crippen molar-refractivity contribution in [3.63, 3.8) is 0 Å². The van der Waals surface area contributed by atoms with Gasteiger partial charge in [0.15, 0.2) is 0 Å². The summed E-state index contributed by atoms with van der Waals surface area (Å²) < 4.78 is 0. The minimum atomic E-state index is -1.14. The van der Waals surface area contributed by atoms with Crippen LogP contribution in [0.5, 0.6) is 0 Å². The Morgan fingerprint density at radius 3 is 2.58 bits per heavy atom. The second-order valence-corrected chi connectivity index (χ2v) is 6.24. The van der Waals surface area contributed by atoms with Gasteiger partial charge in [-0.25, -0.2) is 9.78 Å². The number of amides is 2. The van der Waals surface area contributed by atoms with Crippen LogP contribution >= 0.6 is 0 Å². The molecule has 1 aromatic heterocycles. The highest BCUT2D eigenvalue weighted by atomic mass is 16.4. The highest BCUT2D eigenvalue weighted by molar-refractivity contribution is 5.95. The third-order valence-electron chi connectivity index (χ3n) is 4.37. The summed E-state index contributed by atoms with van der Waals surface area (Å²) in [6.45, 7) is 0.284. The Kier molecular flexibility index (Phi) is 5.26. The van der Waals surface area contributed by atoms with Crippen molar-refractivity contribution in [2.45, 2.75) is 25.8 Å². The smallest absolute Gasteiger partial charge is 0.354 e. The Morgan fingerprint density at radius 1 is 1.15 bits per heavy atom. The van der Waals surface area contributed by atoms with Crippen molar-refractivity contribution in [1.82, 2.24) is 10.3 Å². The summed E-state index contributed by atoms with van der Waals surface area (Å²) in [5.74, 6) is -1.34. The monoisotopic (exact) mass is 353 g/mol. The lowest BCUT2D eigenvalue weighted by Gasteiger charge is -2.24. The number of pyridine rings is 1. The molecule has 0 saturated heterocycles. The van der Waals surface area contributed by atoms with Crippen molar-refractivity contribution in [1.29, 1.82) is 0 Å². The van der Waals surface area contributed by atoms with Gasteiger partial charge in [0.2, 0.25) is 5.91 Å². The van der Waals surface area contributed by atoms with E-state index in [1.807, 2.05) is 24.3 Å². The van der Waals surface area contributed by atoms with Crippen LogP contribution in [-0.4, -0.2) is 27.9 Å². The summed E-state index contributed by atoms with van der Waals surface area (Å²) in [4.78, 5) is 38.6. The molecule has 134 valence electrons. The molecule has 26 heavy (non-hydrogen) atoms. The van der Waals surface area contributed by atoms with E-state index >= 15 is 0 Å². The molecule has 0 radical (unpaired) electrons. The molecule has 0 spiro atoms. The van der Waals surface area contributed by atoms with Gasteiger partial charge in [-0.3, -0.25) is 9.59 Å². The number of hydrogen-bond acceptors (Lipinski definition) is 4. The molecule has 2 amide bonds. The summed E-state index contributed by atoms with van der Waals surface area (Å²) >= 11 is 0. The standard InChI is InChI=1S/C19H19N3O4/c23-17(14-7-8-16(19(25)26)20-11-14)21-10-12-3-1-6-15(9-12)22-18(24)13-4-2-5-13/h1,3,6-9,11,13H,2,4-5,10H2,(H,21,23)(H,22,24)(H,25,26). The number of carbonyl (C=O) groups is 3. The van der Waals surface area contributed by atoms with E-state index < -0.39 is 5.97 Å². The van der Waals surface area contributed by atoms with E-state index in [-0.39, 0.29) is 35.5 Å². The average Bonchev–Trinajstić information content (AvgIpc) is 2.58. The predicted octanol–water partition coefficient (Wildman–Crippen LogP) is 2.45. The number of carbonyl (C=O) groups excluding carboxylic acids is 2. The van der Waals surface area contributed by atoms with E-state index in [9.17, 15) is 14.4 Å². The van der Waals surface area contributed by atoms with Crippen molar-refractivity contribution in [3.05, 3.63) is 59.4 Å². The number of aromatic nitrogens is 1. The molecule has 3 N–H and O–H groups in total. The summed E-state index contributed by atoms with van der Waals surface area (Å²) in [7, 11) is 0. The van der Waals surface area contributed by atoms with Crippen LogP contribution in [0.2, 0.25) is 0 Å². The zero-order chi connectivity index (χ0) is 18.5. The van der Waals surface area contributed by atoms with Gasteiger partial charge < -0.3 is 15.7 Å². The number of nitrogens with one attached hydrogen (secondary N) is 2. The van der Waals surface area contributed by atoms with Crippen LogP contribution in [0.25, 0.3) is 0 Å². The molecule has 7 nitrogen and oxygen atoms in total. The van der Waals surface area contributed by atoms with Crippen molar-refractivity contribution < 1.29 is 19.5 Å². The Morgan fingerprint density at radius 2 is 1.96 bits per heavy atom. The zero-order valence-electron chi connectivity index (χ0n) is 14.1. The van der Waals surface area contributed by atoms with Gasteiger partial charge in [0.1, 0.15) is 5.69 Å². The number of carboxylic acids is 1. The first kappa shape index (κ1) is 17.6. The first-order valence-electron chi connectivity index (χ1n) is 8.40. The van der Waals surface area contributed by atoms with E-state index in [1.54, 1.807) is 0 Å². The third kappa shape index (κ3) is 4.24. The van der Waals surface area contributed by atoms with Crippen molar-refractivity contribution >= 4 is 23.5 Å². The highest BCUT2D eigenvalue weighted by Crippen LogP contribution is 2.27. The van der Waals surface area contributed by atoms with Gasteiger partial charge in [-0.15, -0.1) is 0 Å². The third-order valence-corrected chi connectivity index (χ3v) is 4.37. The topological polar surface area (TPSA) is 108 Å². The van der Waals surface area contributed by atoms with Crippen LogP contribution in [0.15, 0.2) is 42.6 Å². The Balaban J connectivity index is 1.56. The molecule has 1 heterocycles. The van der Waals surface area contributed by atoms with Crippen LogP contribution in [-0.2, 0) is 11.3 Å². The summed E-state index contributed by atoms with van der Waals surface area (Å²) in [5.41, 5.74) is 1.72. The number of benzene rings is 1. The van der Waals surface area contributed by atoms with Crippen LogP contribution in [0.4, 0.5) is 5.69 Å². The number of aromatic carboxylic acids is 1. The fourth-order valence-corrected chi connectivity index (χ4v) is 2.61. The summed E-state index contributed by atoms with van der Waals surface area (Å²) in [6, 6.07) is 10.0. The SMILES string of the molecule is O=C(NCc1cccc(NC(=O)C2CCC2)c1)c1ccc(C(=O)O)nc1. The normalized spacial score (nSPS) is 13.5. The van der Waals surface area contributed by atoms with Gasteiger partial charge in [0.05, 0.1) is 5.56 Å². The van der Waals surface area contributed by atoms with Gasteiger partial charge in [-0.2, -0.15) is 0 Å². The summed E-state index contributed by atoms with van der Waals surface area (Å²) in [6.07, 6.45) is 4.22. The van der Waals surface area contributed by atoms with E-state index in [0.29, 0.717) is 5.69 Å². The number of rotatable bonds is 6. The van der Waals surface area contributed by atoms with Crippen LogP contribution in [0, 0.1) is 5.92 Å². The van der Waals surface area contributed by atoms with Crippen LogP contribution in [0.1, 0.15) is 45.7 Å². The maximum Gasteiger partial charge on any atom is 0.354 e. The van der Waals surface area contributed by atoms with Crippen molar-refractivity contribution in [2.24, 2.45) is 5.92 Å². The minimum Gasteiger partial charge on any atom is -0.477 e. The number of anilines is 1. The van der Waals surface area contributed by atoms with Crippen molar-refractivity contribution in [2.75, 3.05) is 5.32 Å². The number of carboxylic acid groups (broad SMARTS) is 1. The van der Waals surface area contributed by atoms with E-state index in [2.05, 4.69) is 15.6 Å². The molecule has 1 aliphatic carbocycles. The van der Waals surface area contributed by atoms with Gasteiger partial charge in [0, 0.05) is 24.3 Å². The van der Waals surface area contributed by atoms with Crippen LogP contribution < -0.4 is 10.6 Å². The molecule has 0 unspecified atom stereocenters. The van der Waals surface area contributed by atoms with Gasteiger partial charge in [-0.1, -0.05) is 18.6 Å². The first-order chi connectivity index (χ1) is 12.5. The Bertz CT molecular complexity index is 829. The van der Waals surface area contributed by atoms with E-state index in [4.69, 9.17) is 5.11 Å². The lowest BCUT2D eigenvalue weighted by Crippen LogP contribution is -2.28. The van der Waals surface area contributed by atoms with Crippen molar-refractivity contribution in [3.8, 4) is 0 Å².